The molecule has 21 heavy (non-hydrogen) atoms. The molecule has 1 saturated heterocycles. The lowest BCUT2D eigenvalue weighted by molar-refractivity contribution is -0.145. The van der Waals surface area contributed by atoms with Crippen molar-refractivity contribution in [2.75, 3.05) is 26.2 Å². The first kappa shape index (κ1) is 18.0. The zero-order valence-corrected chi connectivity index (χ0v) is 14.4. The molecule has 0 atom stereocenters. The standard InChI is InChI=1S/C17H32N2O2/c1-6-10-18(11-7-2)15(20)14-8-12-19(13-9-14)16(21)17(3,4)5/h14H,6-13H2,1-5H3. The molecule has 0 aromatic carbocycles. The van der Waals surface area contributed by atoms with Crippen LogP contribution < -0.4 is 0 Å². The molecule has 0 radical (unpaired) electrons. The second-order valence-corrected chi connectivity index (χ2v) is 7.14. The number of rotatable bonds is 5. The van der Waals surface area contributed by atoms with Crippen LogP contribution in [0.15, 0.2) is 0 Å². The fraction of sp³-hybridized carbons (Fsp3) is 0.882. The Labute approximate surface area is 129 Å². The van der Waals surface area contributed by atoms with Crippen LogP contribution in [0.25, 0.3) is 0 Å². The molecule has 4 heteroatoms. The van der Waals surface area contributed by atoms with Crippen LogP contribution in [0.5, 0.6) is 0 Å². The quantitative estimate of drug-likeness (QED) is 0.782. The van der Waals surface area contributed by atoms with Gasteiger partial charge in [-0.15, -0.1) is 0 Å². The average Bonchev–Trinajstić information content (AvgIpc) is 2.45. The number of amides is 2. The first-order valence-electron chi connectivity index (χ1n) is 8.39. The summed E-state index contributed by atoms with van der Waals surface area (Å²) in [5, 5.41) is 0. The number of carbonyl (C=O) groups is 2. The largest absolute Gasteiger partial charge is 0.342 e. The van der Waals surface area contributed by atoms with E-state index in [1.54, 1.807) is 0 Å². The lowest BCUT2D eigenvalue weighted by Crippen LogP contribution is -2.47. The number of carbonyl (C=O) groups excluding carboxylic acids is 2. The van der Waals surface area contributed by atoms with Crippen molar-refractivity contribution in [2.45, 2.75) is 60.3 Å². The van der Waals surface area contributed by atoms with Gasteiger partial charge in [0.2, 0.25) is 11.8 Å². The predicted octanol–water partition coefficient (Wildman–Crippen LogP) is 2.92. The zero-order chi connectivity index (χ0) is 16.0. The molecule has 0 aromatic heterocycles. The maximum atomic E-state index is 12.6. The number of likely N-dealkylation sites (tertiary alicyclic amines) is 1. The molecule has 4 nitrogen and oxygen atoms in total. The van der Waals surface area contributed by atoms with Gasteiger partial charge in [-0.1, -0.05) is 34.6 Å². The van der Waals surface area contributed by atoms with E-state index in [4.69, 9.17) is 0 Å². The highest BCUT2D eigenvalue weighted by Crippen LogP contribution is 2.24. The Morgan fingerprint density at radius 2 is 1.52 bits per heavy atom. The third-order valence-electron chi connectivity index (χ3n) is 4.07. The predicted molar refractivity (Wildman–Crippen MR) is 85.9 cm³/mol. The van der Waals surface area contributed by atoms with Crippen molar-refractivity contribution in [3.63, 3.8) is 0 Å². The van der Waals surface area contributed by atoms with Crippen molar-refractivity contribution < 1.29 is 9.59 Å². The van der Waals surface area contributed by atoms with Gasteiger partial charge in [0.25, 0.3) is 0 Å². The topological polar surface area (TPSA) is 40.6 Å². The van der Waals surface area contributed by atoms with Gasteiger partial charge in [-0.2, -0.15) is 0 Å². The van der Waals surface area contributed by atoms with E-state index < -0.39 is 0 Å². The number of piperidine rings is 1. The summed E-state index contributed by atoms with van der Waals surface area (Å²) in [5.41, 5.74) is -0.326. The minimum Gasteiger partial charge on any atom is -0.342 e. The van der Waals surface area contributed by atoms with E-state index in [9.17, 15) is 9.59 Å². The van der Waals surface area contributed by atoms with E-state index in [0.717, 1.165) is 51.9 Å². The zero-order valence-electron chi connectivity index (χ0n) is 14.4. The Bertz CT molecular complexity index is 346. The molecule has 1 fully saturated rings. The van der Waals surface area contributed by atoms with Gasteiger partial charge in [-0.05, 0) is 25.7 Å². The molecule has 0 bridgehead atoms. The second kappa shape index (κ2) is 7.81. The lowest BCUT2D eigenvalue weighted by Gasteiger charge is -2.37. The molecule has 1 rings (SSSR count). The van der Waals surface area contributed by atoms with Crippen molar-refractivity contribution in [2.24, 2.45) is 11.3 Å². The van der Waals surface area contributed by atoms with Gasteiger partial charge >= 0.3 is 0 Å². The molecule has 1 aliphatic heterocycles. The fourth-order valence-electron chi connectivity index (χ4n) is 2.93. The molecule has 2 amide bonds. The van der Waals surface area contributed by atoms with Gasteiger partial charge < -0.3 is 9.80 Å². The van der Waals surface area contributed by atoms with Gasteiger partial charge in [0.05, 0.1) is 0 Å². The summed E-state index contributed by atoms with van der Waals surface area (Å²) in [5.74, 6) is 0.598. The maximum Gasteiger partial charge on any atom is 0.227 e. The van der Waals surface area contributed by atoms with Crippen LogP contribution in [-0.4, -0.2) is 47.8 Å². The Kier molecular flexibility index (Phi) is 6.69. The summed E-state index contributed by atoms with van der Waals surface area (Å²) in [4.78, 5) is 28.8. The monoisotopic (exact) mass is 296 g/mol. The Balaban J connectivity index is 2.55. The van der Waals surface area contributed by atoms with E-state index >= 15 is 0 Å². The summed E-state index contributed by atoms with van der Waals surface area (Å²) in [6.45, 7) is 13.2. The third-order valence-corrected chi connectivity index (χ3v) is 4.07. The summed E-state index contributed by atoms with van der Waals surface area (Å²) in [6.07, 6.45) is 3.63. The molecule has 0 aliphatic carbocycles. The first-order valence-corrected chi connectivity index (χ1v) is 8.39. The number of hydrogen-bond acceptors (Lipinski definition) is 2. The van der Waals surface area contributed by atoms with Gasteiger partial charge in [0, 0.05) is 37.5 Å². The summed E-state index contributed by atoms with van der Waals surface area (Å²) in [7, 11) is 0. The van der Waals surface area contributed by atoms with Gasteiger partial charge in [-0.25, -0.2) is 0 Å². The Morgan fingerprint density at radius 3 is 1.90 bits per heavy atom. The van der Waals surface area contributed by atoms with Crippen molar-refractivity contribution in [1.82, 2.24) is 9.80 Å². The van der Waals surface area contributed by atoms with Crippen LogP contribution in [0.3, 0.4) is 0 Å². The van der Waals surface area contributed by atoms with Crippen molar-refractivity contribution in [1.29, 1.82) is 0 Å². The van der Waals surface area contributed by atoms with E-state index in [1.165, 1.54) is 0 Å². The van der Waals surface area contributed by atoms with Gasteiger partial charge in [0.1, 0.15) is 0 Å². The highest BCUT2D eigenvalue weighted by Gasteiger charge is 2.33. The van der Waals surface area contributed by atoms with E-state index in [0.29, 0.717) is 5.91 Å². The molecule has 0 unspecified atom stereocenters. The van der Waals surface area contributed by atoms with E-state index in [-0.39, 0.29) is 17.2 Å². The molecule has 0 aromatic rings. The van der Waals surface area contributed by atoms with E-state index in [2.05, 4.69) is 13.8 Å². The second-order valence-electron chi connectivity index (χ2n) is 7.14. The molecule has 1 aliphatic rings. The molecule has 0 N–H and O–H groups in total. The molecule has 1 heterocycles. The lowest BCUT2D eigenvalue weighted by atomic mass is 9.90. The smallest absolute Gasteiger partial charge is 0.227 e. The molecular weight excluding hydrogens is 264 g/mol. The van der Waals surface area contributed by atoms with Crippen molar-refractivity contribution in [3.05, 3.63) is 0 Å². The Morgan fingerprint density at radius 1 is 1.05 bits per heavy atom. The molecule has 0 saturated carbocycles. The van der Waals surface area contributed by atoms with Crippen LogP contribution in [0.2, 0.25) is 0 Å². The summed E-state index contributed by atoms with van der Waals surface area (Å²) in [6, 6.07) is 0. The number of nitrogens with zero attached hydrogens (tertiary/aromatic N) is 2. The molecule has 0 spiro atoms. The fourth-order valence-corrected chi connectivity index (χ4v) is 2.93. The summed E-state index contributed by atoms with van der Waals surface area (Å²) >= 11 is 0. The first-order chi connectivity index (χ1) is 9.81. The summed E-state index contributed by atoms with van der Waals surface area (Å²) < 4.78 is 0. The van der Waals surface area contributed by atoms with Crippen LogP contribution in [-0.2, 0) is 9.59 Å². The maximum absolute atomic E-state index is 12.6. The van der Waals surface area contributed by atoms with Crippen LogP contribution in [0.1, 0.15) is 60.3 Å². The number of hydrogen-bond donors (Lipinski definition) is 0. The Hall–Kier alpha value is -1.06. The van der Waals surface area contributed by atoms with Crippen LogP contribution >= 0.6 is 0 Å². The minimum absolute atomic E-state index is 0.104. The SMILES string of the molecule is CCCN(CCC)C(=O)C1CCN(C(=O)C(C)(C)C)CC1. The highest BCUT2D eigenvalue weighted by atomic mass is 16.2. The highest BCUT2D eigenvalue weighted by molar-refractivity contribution is 5.82. The van der Waals surface area contributed by atoms with Crippen LogP contribution in [0, 0.1) is 11.3 Å². The van der Waals surface area contributed by atoms with Gasteiger partial charge in [0.15, 0.2) is 0 Å². The van der Waals surface area contributed by atoms with Crippen LogP contribution in [0.4, 0.5) is 0 Å². The molecular formula is C17H32N2O2. The molecule has 122 valence electrons. The average molecular weight is 296 g/mol. The van der Waals surface area contributed by atoms with Crippen molar-refractivity contribution in [3.8, 4) is 0 Å². The van der Waals surface area contributed by atoms with Gasteiger partial charge in [-0.3, -0.25) is 9.59 Å². The normalized spacial score (nSPS) is 16.9. The van der Waals surface area contributed by atoms with E-state index in [1.807, 2.05) is 30.6 Å². The van der Waals surface area contributed by atoms with Crippen molar-refractivity contribution >= 4 is 11.8 Å². The third kappa shape index (κ3) is 5.01. The minimum atomic E-state index is -0.326.